The molecule has 4 aromatic rings. The van der Waals surface area contributed by atoms with Crippen molar-refractivity contribution in [2.75, 3.05) is 58.2 Å². The summed E-state index contributed by atoms with van der Waals surface area (Å²) in [7, 11) is -0.912. The van der Waals surface area contributed by atoms with Crippen LogP contribution in [0.3, 0.4) is 0 Å². The van der Waals surface area contributed by atoms with Crippen LogP contribution >= 0.6 is 11.6 Å². The van der Waals surface area contributed by atoms with Crippen LogP contribution in [0.25, 0.3) is 10.9 Å². The number of nitrogens with zero attached hydrogens (tertiary/aromatic N) is 3. The number of aromatic nitrogens is 1. The lowest BCUT2D eigenvalue weighted by molar-refractivity contribution is -0.139. The number of hydrogen-bond donors (Lipinski definition) is 1. The van der Waals surface area contributed by atoms with Crippen LogP contribution < -0.4 is 18.9 Å². The third-order valence-electron chi connectivity index (χ3n) is 7.35. The third kappa shape index (κ3) is 7.90. The lowest BCUT2D eigenvalue weighted by Gasteiger charge is -2.32. The van der Waals surface area contributed by atoms with Crippen LogP contribution in [0.1, 0.15) is 12.0 Å². The minimum atomic E-state index is -4.85. The number of fused-ring (bicyclic) bond motifs is 1. The Kier molecular flexibility index (Phi) is 9.92. The van der Waals surface area contributed by atoms with E-state index in [2.05, 4.69) is 26.6 Å². The number of anilines is 1. The van der Waals surface area contributed by atoms with Gasteiger partial charge in [0, 0.05) is 50.4 Å². The number of sulfonamides is 1. The number of likely N-dealkylation sites (N-methyl/N-ethyl adjacent to an activating group) is 1. The van der Waals surface area contributed by atoms with Crippen molar-refractivity contribution in [3.05, 3.63) is 77.4 Å². The second-order valence-electron chi connectivity index (χ2n) is 10.5. The Morgan fingerprint density at radius 1 is 0.956 bits per heavy atom. The summed E-state index contributed by atoms with van der Waals surface area (Å²) >= 11 is 6.42. The zero-order chi connectivity index (χ0) is 32.2. The average Bonchev–Trinajstić information content (AvgIpc) is 3.00. The monoisotopic (exact) mass is 664 g/mol. The van der Waals surface area contributed by atoms with Crippen LogP contribution in [0.15, 0.2) is 71.8 Å². The number of methoxy groups -OCH3 is 1. The molecule has 1 saturated heterocycles. The molecule has 0 unspecified atom stereocenters. The van der Waals surface area contributed by atoms with Crippen molar-refractivity contribution in [3.63, 3.8) is 0 Å². The molecule has 0 saturated carbocycles. The summed E-state index contributed by atoms with van der Waals surface area (Å²) in [6.45, 7) is 5.66. The summed E-state index contributed by atoms with van der Waals surface area (Å²) in [4.78, 5) is 8.28. The minimum Gasteiger partial charge on any atom is -0.493 e. The molecule has 45 heavy (non-hydrogen) atoms. The van der Waals surface area contributed by atoms with Crippen molar-refractivity contribution in [3.8, 4) is 23.0 Å². The molecule has 1 fully saturated rings. The number of alkyl halides is 3. The number of rotatable bonds is 11. The molecular weight excluding hydrogens is 633 g/mol. The maximum atomic E-state index is 13.4. The van der Waals surface area contributed by atoms with E-state index in [9.17, 15) is 21.6 Å². The van der Waals surface area contributed by atoms with E-state index in [1.165, 1.54) is 24.3 Å². The highest BCUT2D eigenvalue weighted by molar-refractivity contribution is 7.92. The Labute approximate surface area is 264 Å². The molecule has 240 valence electrons. The minimum absolute atomic E-state index is 0.0246. The molecule has 0 bridgehead atoms. The summed E-state index contributed by atoms with van der Waals surface area (Å²) in [6.07, 6.45) is -2.43. The molecule has 1 aliphatic rings. The first-order valence-electron chi connectivity index (χ1n) is 14.1. The Morgan fingerprint density at radius 2 is 1.71 bits per heavy atom. The quantitative estimate of drug-likeness (QED) is 0.181. The number of nitrogens with one attached hydrogen (secondary N) is 1. The van der Waals surface area contributed by atoms with Gasteiger partial charge in [0.05, 0.1) is 40.4 Å². The molecule has 0 amide bonds. The Morgan fingerprint density at radius 3 is 2.42 bits per heavy atom. The molecule has 1 N–H and O–H groups in total. The topological polar surface area (TPSA) is 93.2 Å². The first-order valence-corrected chi connectivity index (χ1v) is 16.0. The fourth-order valence-electron chi connectivity index (χ4n) is 4.94. The standard InChI is InChI=1S/C31H32ClF3N4O5S/c1-38-13-15-39(16-14-38)12-5-17-43-29-20-25-22(19-28(29)42-2)26(10-11-36-25)44-27-9-8-21(18-24(27)32)37-45(40,41)30-7-4-3-6-23(30)31(33,34)35/h3-4,6-11,18-20,37H,5,12-17H2,1-2H3. The average molecular weight is 665 g/mol. The molecule has 14 heteroatoms. The van der Waals surface area contributed by atoms with Gasteiger partial charge in [0.15, 0.2) is 11.5 Å². The zero-order valence-electron chi connectivity index (χ0n) is 24.6. The van der Waals surface area contributed by atoms with E-state index in [0.717, 1.165) is 51.3 Å². The van der Waals surface area contributed by atoms with Gasteiger partial charge in [-0.2, -0.15) is 13.2 Å². The normalized spacial score (nSPS) is 14.8. The molecule has 1 aromatic heterocycles. The van der Waals surface area contributed by atoms with Crippen LogP contribution in [-0.2, 0) is 16.2 Å². The van der Waals surface area contributed by atoms with Gasteiger partial charge >= 0.3 is 6.18 Å². The number of halogens is 4. The van der Waals surface area contributed by atoms with Crippen LogP contribution in [-0.4, -0.2) is 76.7 Å². The second kappa shape index (κ2) is 13.7. The van der Waals surface area contributed by atoms with Crippen LogP contribution in [0.4, 0.5) is 18.9 Å². The van der Waals surface area contributed by atoms with Crippen molar-refractivity contribution >= 4 is 38.2 Å². The van der Waals surface area contributed by atoms with E-state index in [0.29, 0.717) is 40.8 Å². The Balaban J connectivity index is 1.29. The maximum absolute atomic E-state index is 13.4. The molecule has 0 radical (unpaired) electrons. The van der Waals surface area contributed by atoms with Gasteiger partial charge in [-0.15, -0.1) is 0 Å². The predicted molar refractivity (Wildman–Crippen MR) is 166 cm³/mol. The molecular formula is C31H32ClF3N4O5S. The molecule has 2 heterocycles. The molecule has 5 rings (SSSR count). The highest BCUT2D eigenvalue weighted by atomic mass is 35.5. The highest BCUT2D eigenvalue weighted by Gasteiger charge is 2.37. The lowest BCUT2D eigenvalue weighted by atomic mass is 10.1. The van der Waals surface area contributed by atoms with Crippen LogP contribution in [0, 0.1) is 0 Å². The van der Waals surface area contributed by atoms with Gasteiger partial charge in [0.2, 0.25) is 0 Å². The molecule has 0 spiro atoms. The van der Waals surface area contributed by atoms with Gasteiger partial charge in [-0.3, -0.25) is 9.71 Å². The molecule has 0 atom stereocenters. The number of hydrogen-bond acceptors (Lipinski definition) is 8. The molecule has 3 aromatic carbocycles. The highest BCUT2D eigenvalue weighted by Crippen LogP contribution is 2.40. The predicted octanol–water partition coefficient (Wildman–Crippen LogP) is 6.53. The smallest absolute Gasteiger partial charge is 0.417 e. The largest absolute Gasteiger partial charge is 0.493 e. The van der Waals surface area contributed by atoms with E-state index in [1.54, 1.807) is 31.5 Å². The van der Waals surface area contributed by atoms with Crippen molar-refractivity contribution < 1.29 is 35.8 Å². The second-order valence-corrected chi connectivity index (χ2v) is 12.6. The van der Waals surface area contributed by atoms with Gasteiger partial charge in [-0.05, 0) is 55.9 Å². The first kappa shape index (κ1) is 32.6. The van der Waals surface area contributed by atoms with Crippen LogP contribution in [0.5, 0.6) is 23.0 Å². The fourth-order valence-corrected chi connectivity index (χ4v) is 6.44. The van der Waals surface area contributed by atoms with E-state index in [4.69, 9.17) is 25.8 Å². The number of benzene rings is 3. The zero-order valence-corrected chi connectivity index (χ0v) is 26.2. The van der Waals surface area contributed by atoms with E-state index < -0.39 is 26.7 Å². The fraction of sp³-hybridized carbons (Fsp3) is 0.323. The van der Waals surface area contributed by atoms with Gasteiger partial charge in [0.1, 0.15) is 11.5 Å². The summed E-state index contributed by atoms with van der Waals surface area (Å²) in [5, 5.41) is 0.639. The summed E-state index contributed by atoms with van der Waals surface area (Å²) < 4.78 is 85.8. The van der Waals surface area contributed by atoms with Gasteiger partial charge in [-0.1, -0.05) is 23.7 Å². The molecule has 1 aliphatic heterocycles. The maximum Gasteiger partial charge on any atom is 0.417 e. The first-order chi connectivity index (χ1) is 21.4. The number of pyridine rings is 1. The van der Waals surface area contributed by atoms with E-state index >= 15 is 0 Å². The summed E-state index contributed by atoms with van der Waals surface area (Å²) in [5.74, 6) is 1.63. The lowest BCUT2D eigenvalue weighted by Crippen LogP contribution is -2.44. The number of piperazine rings is 1. The van der Waals surface area contributed by atoms with Crippen molar-refractivity contribution in [2.24, 2.45) is 0 Å². The van der Waals surface area contributed by atoms with Crippen molar-refractivity contribution in [1.82, 2.24) is 14.8 Å². The number of ether oxygens (including phenoxy) is 3. The van der Waals surface area contributed by atoms with E-state index in [1.807, 2.05) is 0 Å². The summed E-state index contributed by atoms with van der Waals surface area (Å²) in [5.41, 5.74) is -0.728. The van der Waals surface area contributed by atoms with Crippen molar-refractivity contribution in [2.45, 2.75) is 17.5 Å². The van der Waals surface area contributed by atoms with Gasteiger partial charge in [-0.25, -0.2) is 8.42 Å². The Bertz CT molecular complexity index is 1770. The molecule has 0 aliphatic carbocycles. The summed E-state index contributed by atoms with van der Waals surface area (Å²) in [6, 6.07) is 13.1. The molecule has 9 nitrogen and oxygen atoms in total. The SMILES string of the molecule is COc1cc2c(Oc3ccc(NS(=O)(=O)c4ccccc4C(F)(F)F)cc3Cl)ccnc2cc1OCCCN1CCN(C)CC1. The third-order valence-corrected chi connectivity index (χ3v) is 9.08. The Hall–Kier alpha value is -3.78. The van der Waals surface area contributed by atoms with E-state index in [-0.39, 0.29) is 16.5 Å². The van der Waals surface area contributed by atoms with Crippen molar-refractivity contribution in [1.29, 1.82) is 0 Å². The van der Waals surface area contributed by atoms with Crippen LogP contribution in [0.2, 0.25) is 5.02 Å². The van der Waals surface area contributed by atoms with Gasteiger partial charge in [0.25, 0.3) is 10.0 Å². The van der Waals surface area contributed by atoms with Gasteiger partial charge < -0.3 is 24.0 Å².